The minimum atomic E-state index is -3.81. The molecule has 2 amide bonds. The third-order valence-electron chi connectivity index (χ3n) is 5.35. The number of thioether (sulfide) groups is 1. The molecule has 1 aliphatic rings. The number of carbonyl (C=O) groups excluding carboxylic acids is 2. The highest BCUT2D eigenvalue weighted by molar-refractivity contribution is 7.98. The summed E-state index contributed by atoms with van der Waals surface area (Å²) in [7, 11) is -3.81. The molecule has 10 heteroatoms. The molecule has 1 fully saturated rings. The molecule has 3 rings (SSSR count). The quantitative estimate of drug-likeness (QED) is 0.575. The molecule has 1 atom stereocenters. The average molecular weight is 477 g/mol. The van der Waals surface area contributed by atoms with Crippen LogP contribution in [0.3, 0.4) is 0 Å². The van der Waals surface area contributed by atoms with Crippen molar-refractivity contribution in [3.8, 4) is 0 Å². The lowest BCUT2D eigenvalue weighted by atomic mass is 9.95. The summed E-state index contributed by atoms with van der Waals surface area (Å²) in [6.07, 6.45) is 4.96. The smallest absolute Gasteiger partial charge is 0.241 e. The minimum absolute atomic E-state index is 0.112. The normalized spacial score (nSPS) is 15.8. The van der Waals surface area contributed by atoms with Crippen molar-refractivity contribution in [2.24, 2.45) is 5.92 Å². The largest absolute Gasteiger partial charge is 0.341 e. The Morgan fingerprint density at radius 3 is 2.44 bits per heavy atom. The van der Waals surface area contributed by atoms with E-state index in [2.05, 4.69) is 15.0 Å². The van der Waals surface area contributed by atoms with Gasteiger partial charge in [-0.1, -0.05) is 24.3 Å². The SMILES string of the molecule is CSCCC(NS(=O)(=O)c1ccccc1)C(=O)N1CCC(C(=O)Nc2ccccn2)CC1. The van der Waals surface area contributed by atoms with Gasteiger partial charge >= 0.3 is 0 Å². The van der Waals surface area contributed by atoms with Gasteiger partial charge in [-0.2, -0.15) is 16.5 Å². The molecule has 1 aromatic carbocycles. The van der Waals surface area contributed by atoms with E-state index >= 15 is 0 Å². The zero-order chi connectivity index (χ0) is 23.0. The maximum Gasteiger partial charge on any atom is 0.241 e. The van der Waals surface area contributed by atoms with Crippen molar-refractivity contribution in [3.05, 3.63) is 54.7 Å². The lowest BCUT2D eigenvalue weighted by Crippen LogP contribution is -2.51. The molecule has 8 nitrogen and oxygen atoms in total. The third-order valence-corrected chi connectivity index (χ3v) is 7.48. The van der Waals surface area contributed by atoms with Gasteiger partial charge in [0, 0.05) is 25.2 Å². The van der Waals surface area contributed by atoms with Crippen molar-refractivity contribution in [2.75, 3.05) is 30.4 Å². The number of hydrogen-bond donors (Lipinski definition) is 2. The highest BCUT2D eigenvalue weighted by Crippen LogP contribution is 2.21. The first-order valence-electron chi connectivity index (χ1n) is 10.5. The predicted molar refractivity (Wildman–Crippen MR) is 126 cm³/mol. The number of nitrogens with one attached hydrogen (secondary N) is 2. The number of hydrogen-bond acceptors (Lipinski definition) is 6. The first-order chi connectivity index (χ1) is 15.4. The summed E-state index contributed by atoms with van der Waals surface area (Å²) >= 11 is 1.56. The van der Waals surface area contributed by atoms with Gasteiger partial charge in [0.2, 0.25) is 21.8 Å². The highest BCUT2D eigenvalue weighted by atomic mass is 32.2. The van der Waals surface area contributed by atoms with Crippen LogP contribution in [-0.2, 0) is 19.6 Å². The number of amides is 2. The molecule has 0 aliphatic carbocycles. The van der Waals surface area contributed by atoms with Crippen molar-refractivity contribution < 1.29 is 18.0 Å². The zero-order valence-corrected chi connectivity index (χ0v) is 19.6. The van der Waals surface area contributed by atoms with E-state index in [0.717, 1.165) is 0 Å². The summed E-state index contributed by atoms with van der Waals surface area (Å²) in [5.41, 5.74) is 0. The highest BCUT2D eigenvalue weighted by Gasteiger charge is 2.33. The van der Waals surface area contributed by atoms with Crippen LogP contribution in [0.2, 0.25) is 0 Å². The van der Waals surface area contributed by atoms with Crippen LogP contribution in [0.25, 0.3) is 0 Å². The first-order valence-corrected chi connectivity index (χ1v) is 13.4. The lowest BCUT2D eigenvalue weighted by Gasteiger charge is -2.33. The van der Waals surface area contributed by atoms with Gasteiger partial charge in [0.1, 0.15) is 11.9 Å². The Balaban J connectivity index is 1.60. The molecule has 32 heavy (non-hydrogen) atoms. The minimum Gasteiger partial charge on any atom is -0.341 e. The van der Waals surface area contributed by atoms with Crippen molar-refractivity contribution >= 4 is 39.4 Å². The predicted octanol–water partition coefficient (Wildman–Crippen LogP) is 2.36. The fourth-order valence-corrected chi connectivity index (χ4v) is 5.29. The molecule has 0 radical (unpaired) electrons. The molecular weight excluding hydrogens is 448 g/mol. The van der Waals surface area contributed by atoms with E-state index in [0.29, 0.717) is 43.9 Å². The van der Waals surface area contributed by atoms with Crippen LogP contribution in [0.1, 0.15) is 19.3 Å². The third kappa shape index (κ3) is 6.54. The second-order valence-electron chi connectivity index (χ2n) is 7.57. The van der Waals surface area contributed by atoms with Gasteiger partial charge in [-0.15, -0.1) is 0 Å². The molecule has 1 saturated heterocycles. The Labute approximate surface area is 193 Å². The van der Waals surface area contributed by atoms with Crippen molar-refractivity contribution in [1.82, 2.24) is 14.6 Å². The summed E-state index contributed by atoms with van der Waals surface area (Å²) in [4.78, 5) is 31.6. The van der Waals surface area contributed by atoms with E-state index in [-0.39, 0.29) is 22.6 Å². The van der Waals surface area contributed by atoms with Gasteiger partial charge < -0.3 is 10.2 Å². The summed E-state index contributed by atoms with van der Waals surface area (Å²) in [5, 5.41) is 2.81. The molecule has 0 spiro atoms. The van der Waals surface area contributed by atoms with Crippen molar-refractivity contribution in [2.45, 2.75) is 30.2 Å². The number of piperidine rings is 1. The second-order valence-corrected chi connectivity index (χ2v) is 10.3. The fourth-order valence-electron chi connectivity index (χ4n) is 3.57. The van der Waals surface area contributed by atoms with Crippen LogP contribution < -0.4 is 10.0 Å². The van der Waals surface area contributed by atoms with Gasteiger partial charge in [0.15, 0.2) is 0 Å². The maximum atomic E-state index is 13.2. The van der Waals surface area contributed by atoms with Crippen molar-refractivity contribution in [3.63, 3.8) is 0 Å². The number of rotatable bonds is 9. The van der Waals surface area contributed by atoms with Crippen LogP contribution in [0.15, 0.2) is 59.6 Å². The molecular formula is C22H28N4O4S2. The molecule has 0 saturated carbocycles. The van der Waals surface area contributed by atoms with Crippen LogP contribution in [0.4, 0.5) is 5.82 Å². The van der Waals surface area contributed by atoms with Crippen LogP contribution in [0, 0.1) is 5.92 Å². The molecule has 2 heterocycles. The number of aromatic nitrogens is 1. The lowest BCUT2D eigenvalue weighted by molar-refractivity contribution is -0.136. The molecule has 1 unspecified atom stereocenters. The molecule has 1 aromatic heterocycles. The first kappa shape index (κ1) is 24.2. The van der Waals surface area contributed by atoms with E-state index in [1.54, 1.807) is 59.3 Å². The van der Waals surface area contributed by atoms with Crippen LogP contribution >= 0.6 is 11.8 Å². The molecule has 0 bridgehead atoms. The van der Waals surface area contributed by atoms with E-state index in [9.17, 15) is 18.0 Å². The van der Waals surface area contributed by atoms with E-state index < -0.39 is 16.1 Å². The molecule has 2 aromatic rings. The van der Waals surface area contributed by atoms with Crippen LogP contribution in [-0.4, -0.2) is 61.3 Å². The standard InChI is InChI=1S/C22H28N4O4S2/c1-31-16-12-19(25-32(29,30)18-7-3-2-4-8-18)22(28)26-14-10-17(11-15-26)21(27)24-20-9-5-6-13-23-20/h2-9,13,17,19,25H,10-12,14-16H2,1H3,(H,23,24,27). The van der Waals surface area contributed by atoms with E-state index in [4.69, 9.17) is 0 Å². The number of nitrogens with zero attached hydrogens (tertiary/aromatic N) is 2. The Bertz CT molecular complexity index is 995. The summed E-state index contributed by atoms with van der Waals surface area (Å²) < 4.78 is 28.1. The van der Waals surface area contributed by atoms with Gasteiger partial charge in [0.25, 0.3) is 0 Å². The van der Waals surface area contributed by atoms with Gasteiger partial charge in [0.05, 0.1) is 4.90 Å². The average Bonchev–Trinajstić information content (AvgIpc) is 2.82. The number of sulfonamides is 1. The fraction of sp³-hybridized carbons (Fsp3) is 0.409. The Morgan fingerprint density at radius 1 is 1.12 bits per heavy atom. The maximum absolute atomic E-state index is 13.2. The van der Waals surface area contributed by atoms with Crippen LogP contribution in [0.5, 0.6) is 0 Å². The number of carbonyl (C=O) groups is 2. The van der Waals surface area contributed by atoms with Crippen molar-refractivity contribution in [1.29, 1.82) is 0 Å². The summed E-state index contributed by atoms with van der Waals surface area (Å²) in [5.74, 6) is 0.577. The van der Waals surface area contributed by atoms with Gasteiger partial charge in [-0.25, -0.2) is 13.4 Å². The number of anilines is 1. The summed E-state index contributed by atoms with van der Waals surface area (Å²) in [6.45, 7) is 0.809. The topological polar surface area (TPSA) is 108 Å². The Morgan fingerprint density at radius 2 is 1.81 bits per heavy atom. The number of benzene rings is 1. The number of likely N-dealkylation sites (tertiary alicyclic amines) is 1. The van der Waals surface area contributed by atoms with Gasteiger partial charge in [-0.05, 0) is 55.5 Å². The number of pyridine rings is 1. The monoisotopic (exact) mass is 476 g/mol. The van der Waals surface area contributed by atoms with E-state index in [1.807, 2.05) is 6.26 Å². The zero-order valence-electron chi connectivity index (χ0n) is 17.9. The second kappa shape index (κ2) is 11.4. The Kier molecular flexibility index (Phi) is 8.66. The molecule has 1 aliphatic heterocycles. The Hall–Kier alpha value is -2.43. The molecule has 172 valence electrons. The molecule has 2 N–H and O–H groups in total. The van der Waals surface area contributed by atoms with Gasteiger partial charge in [-0.3, -0.25) is 9.59 Å². The van der Waals surface area contributed by atoms with E-state index in [1.165, 1.54) is 12.1 Å². The summed E-state index contributed by atoms with van der Waals surface area (Å²) in [6, 6.07) is 12.5.